The van der Waals surface area contributed by atoms with Gasteiger partial charge >= 0.3 is 10.3 Å². The van der Waals surface area contributed by atoms with Crippen molar-refractivity contribution in [1.82, 2.24) is 0 Å². The van der Waals surface area contributed by atoms with E-state index in [1.165, 1.54) is 0 Å². The van der Waals surface area contributed by atoms with Crippen LogP contribution in [-0.2, 0) is 15.0 Å². The second-order valence-corrected chi connectivity index (χ2v) is 6.17. The van der Waals surface area contributed by atoms with Crippen LogP contribution in [0.3, 0.4) is 0 Å². The van der Waals surface area contributed by atoms with E-state index < -0.39 is 10.3 Å². The molecule has 1 heterocycles. The predicted octanol–water partition coefficient (Wildman–Crippen LogP) is 3.10. The van der Waals surface area contributed by atoms with E-state index in [1.807, 2.05) is 12.1 Å². The molecule has 0 atom stereocenters. The van der Waals surface area contributed by atoms with Crippen LogP contribution in [0.1, 0.15) is 44.6 Å². The molecule has 0 N–H and O–H groups in total. The zero-order valence-electron chi connectivity index (χ0n) is 12.2. The SMILES string of the molecule is CCCCOCCCCC1=NS(=O)(=O)Oc2ccccc21. The lowest BCUT2D eigenvalue weighted by Crippen LogP contribution is -2.18. The van der Waals surface area contributed by atoms with Crippen LogP contribution in [0.15, 0.2) is 28.7 Å². The minimum atomic E-state index is -3.84. The Morgan fingerprint density at radius 1 is 1.14 bits per heavy atom. The second-order valence-electron chi connectivity index (χ2n) is 4.97. The molecule has 0 amide bonds. The summed E-state index contributed by atoms with van der Waals surface area (Å²) in [4.78, 5) is 0. The lowest BCUT2D eigenvalue weighted by Gasteiger charge is -2.16. The fourth-order valence-electron chi connectivity index (χ4n) is 2.12. The third kappa shape index (κ3) is 4.82. The summed E-state index contributed by atoms with van der Waals surface area (Å²) >= 11 is 0. The highest BCUT2D eigenvalue weighted by atomic mass is 32.2. The molecular formula is C15H21NO4S. The van der Waals surface area contributed by atoms with Crippen molar-refractivity contribution in [2.24, 2.45) is 4.40 Å². The van der Waals surface area contributed by atoms with Gasteiger partial charge in [-0.2, -0.15) is 8.42 Å². The molecule has 0 saturated heterocycles. The number of rotatable bonds is 8. The molecule has 0 aliphatic carbocycles. The molecule has 21 heavy (non-hydrogen) atoms. The van der Waals surface area contributed by atoms with Gasteiger partial charge in [0.1, 0.15) is 0 Å². The number of nitrogens with zero attached hydrogens (tertiary/aromatic N) is 1. The van der Waals surface area contributed by atoms with Gasteiger partial charge in [0.15, 0.2) is 5.75 Å². The van der Waals surface area contributed by atoms with Crippen LogP contribution in [0.2, 0.25) is 0 Å². The van der Waals surface area contributed by atoms with E-state index in [0.717, 1.165) is 37.9 Å². The third-order valence-corrected chi connectivity index (χ3v) is 4.04. The van der Waals surface area contributed by atoms with Crippen molar-refractivity contribution in [3.8, 4) is 5.75 Å². The van der Waals surface area contributed by atoms with E-state index in [2.05, 4.69) is 11.3 Å². The zero-order valence-corrected chi connectivity index (χ0v) is 13.1. The van der Waals surface area contributed by atoms with Gasteiger partial charge in [-0.25, -0.2) is 0 Å². The predicted molar refractivity (Wildman–Crippen MR) is 82.1 cm³/mol. The molecule has 0 unspecified atom stereocenters. The maximum atomic E-state index is 11.6. The highest BCUT2D eigenvalue weighted by molar-refractivity contribution is 7.86. The Kier molecular flexibility index (Phi) is 5.76. The summed E-state index contributed by atoms with van der Waals surface area (Å²) in [5.74, 6) is 0.363. The Labute approximate surface area is 126 Å². The third-order valence-electron chi connectivity index (χ3n) is 3.21. The number of fused-ring (bicyclic) bond motifs is 1. The minimum absolute atomic E-state index is 0.363. The van der Waals surface area contributed by atoms with Crippen molar-refractivity contribution in [2.45, 2.75) is 39.0 Å². The molecule has 0 bridgehead atoms. The first-order valence-corrected chi connectivity index (χ1v) is 8.69. The van der Waals surface area contributed by atoms with Crippen molar-refractivity contribution in [1.29, 1.82) is 0 Å². The number of para-hydroxylation sites is 1. The molecule has 0 radical (unpaired) electrons. The first kappa shape index (κ1) is 16.0. The maximum absolute atomic E-state index is 11.6. The van der Waals surface area contributed by atoms with Gasteiger partial charge in [0.2, 0.25) is 0 Å². The van der Waals surface area contributed by atoms with Crippen LogP contribution in [-0.4, -0.2) is 27.3 Å². The molecule has 0 saturated carbocycles. The van der Waals surface area contributed by atoms with Gasteiger partial charge in [-0.15, -0.1) is 4.40 Å². The monoisotopic (exact) mass is 311 g/mol. The Morgan fingerprint density at radius 3 is 2.71 bits per heavy atom. The summed E-state index contributed by atoms with van der Waals surface area (Å²) in [5, 5.41) is 0. The molecule has 0 spiro atoms. The Bertz CT molecular complexity index is 595. The standard InChI is InChI=1S/C15H21NO4S/c1-2-3-11-19-12-7-6-9-14-13-8-4-5-10-15(13)20-21(17,18)16-14/h4-5,8,10H,2-3,6-7,9,11-12H2,1H3. The maximum Gasteiger partial charge on any atom is 0.428 e. The Hall–Kier alpha value is -1.40. The fourth-order valence-corrected chi connectivity index (χ4v) is 2.99. The summed E-state index contributed by atoms with van der Waals surface area (Å²) in [5.41, 5.74) is 1.34. The number of benzene rings is 1. The Morgan fingerprint density at radius 2 is 1.90 bits per heavy atom. The van der Waals surface area contributed by atoms with Gasteiger partial charge in [-0.3, -0.25) is 0 Å². The number of hydrogen-bond donors (Lipinski definition) is 0. The van der Waals surface area contributed by atoms with Gasteiger partial charge in [-0.05, 0) is 37.8 Å². The molecule has 2 rings (SSSR count). The summed E-state index contributed by atoms with van der Waals surface area (Å²) in [7, 11) is -3.84. The van der Waals surface area contributed by atoms with Crippen LogP contribution < -0.4 is 4.18 Å². The second kappa shape index (κ2) is 7.56. The summed E-state index contributed by atoms with van der Waals surface area (Å²) in [6, 6.07) is 7.08. The van der Waals surface area contributed by atoms with Gasteiger partial charge in [0.25, 0.3) is 0 Å². The largest absolute Gasteiger partial charge is 0.428 e. The zero-order chi connectivity index (χ0) is 15.1. The number of hydrogen-bond acceptors (Lipinski definition) is 4. The average molecular weight is 311 g/mol. The van der Waals surface area contributed by atoms with Crippen LogP contribution in [0.4, 0.5) is 0 Å². The van der Waals surface area contributed by atoms with E-state index in [-0.39, 0.29) is 0 Å². The first-order chi connectivity index (χ1) is 10.1. The van der Waals surface area contributed by atoms with Crippen LogP contribution in [0, 0.1) is 0 Å². The van der Waals surface area contributed by atoms with Crippen molar-refractivity contribution < 1.29 is 17.3 Å². The molecular weight excluding hydrogens is 290 g/mol. The highest BCUT2D eigenvalue weighted by Crippen LogP contribution is 2.27. The van der Waals surface area contributed by atoms with E-state index >= 15 is 0 Å². The number of unbranched alkanes of at least 4 members (excludes halogenated alkanes) is 2. The van der Waals surface area contributed by atoms with E-state index in [9.17, 15) is 8.42 Å². The fraction of sp³-hybridized carbons (Fsp3) is 0.533. The van der Waals surface area contributed by atoms with Crippen LogP contribution in [0.5, 0.6) is 5.75 Å². The molecule has 1 aliphatic rings. The number of ether oxygens (including phenoxy) is 1. The van der Waals surface area contributed by atoms with Crippen LogP contribution >= 0.6 is 0 Å². The lowest BCUT2D eigenvalue weighted by atomic mass is 10.0. The summed E-state index contributed by atoms with van der Waals surface area (Å²) in [6.07, 6.45) is 4.55. The van der Waals surface area contributed by atoms with Gasteiger partial charge in [-0.1, -0.05) is 25.5 Å². The molecule has 5 nitrogen and oxygen atoms in total. The quantitative estimate of drug-likeness (QED) is 0.692. The van der Waals surface area contributed by atoms with Crippen molar-refractivity contribution in [3.05, 3.63) is 29.8 Å². The average Bonchev–Trinajstić information content (AvgIpc) is 2.45. The summed E-state index contributed by atoms with van der Waals surface area (Å²) in [6.45, 7) is 3.63. The smallest absolute Gasteiger partial charge is 0.381 e. The van der Waals surface area contributed by atoms with Crippen molar-refractivity contribution in [3.63, 3.8) is 0 Å². The molecule has 1 aliphatic heterocycles. The van der Waals surface area contributed by atoms with Crippen molar-refractivity contribution >= 4 is 16.0 Å². The highest BCUT2D eigenvalue weighted by Gasteiger charge is 2.23. The van der Waals surface area contributed by atoms with Crippen LogP contribution in [0.25, 0.3) is 0 Å². The van der Waals surface area contributed by atoms with Gasteiger partial charge in [0, 0.05) is 18.8 Å². The van der Waals surface area contributed by atoms with Gasteiger partial charge in [0.05, 0.1) is 5.71 Å². The van der Waals surface area contributed by atoms with E-state index in [0.29, 0.717) is 24.5 Å². The molecule has 1 aromatic carbocycles. The van der Waals surface area contributed by atoms with Gasteiger partial charge < -0.3 is 8.92 Å². The summed E-state index contributed by atoms with van der Waals surface area (Å²) < 4.78 is 37.3. The normalized spacial score (nSPS) is 16.0. The molecule has 0 aromatic heterocycles. The first-order valence-electron chi connectivity index (χ1n) is 7.33. The Balaban J connectivity index is 1.88. The topological polar surface area (TPSA) is 65.0 Å². The molecule has 0 fully saturated rings. The van der Waals surface area contributed by atoms with E-state index in [1.54, 1.807) is 12.1 Å². The lowest BCUT2D eigenvalue weighted by molar-refractivity contribution is 0.128. The minimum Gasteiger partial charge on any atom is -0.381 e. The molecule has 6 heteroatoms. The molecule has 116 valence electrons. The molecule has 1 aromatic rings. The van der Waals surface area contributed by atoms with Crippen molar-refractivity contribution in [2.75, 3.05) is 13.2 Å². The van der Waals surface area contributed by atoms with E-state index in [4.69, 9.17) is 8.92 Å².